The summed E-state index contributed by atoms with van der Waals surface area (Å²) >= 11 is 7.97. The van der Waals surface area contributed by atoms with Crippen molar-refractivity contribution in [3.63, 3.8) is 0 Å². The summed E-state index contributed by atoms with van der Waals surface area (Å²) in [4.78, 5) is 28.4. The fourth-order valence-electron chi connectivity index (χ4n) is 4.54. The van der Waals surface area contributed by atoms with Gasteiger partial charge in [-0.05, 0) is 49.6 Å². The zero-order valence-electron chi connectivity index (χ0n) is 22.3. The second-order valence-corrected chi connectivity index (χ2v) is 12.2. The Morgan fingerprint density at radius 2 is 1.95 bits per heavy atom. The largest absolute Gasteiger partial charge is 0.352 e. The van der Waals surface area contributed by atoms with Crippen LogP contribution in [0.15, 0.2) is 48.5 Å². The number of aryl methyl sites for hydroxylation is 1. The van der Waals surface area contributed by atoms with Crippen molar-refractivity contribution >= 4 is 41.0 Å². The molecule has 1 aliphatic heterocycles. The summed E-state index contributed by atoms with van der Waals surface area (Å²) in [6.07, 6.45) is 0.812. The van der Waals surface area contributed by atoms with E-state index in [9.17, 15) is 9.59 Å². The molecule has 2 unspecified atom stereocenters. The number of amides is 2. The van der Waals surface area contributed by atoms with Crippen molar-refractivity contribution in [3.05, 3.63) is 75.9 Å². The summed E-state index contributed by atoms with van der Waals surface area (Å²) in [5.74, 6) is 0.582. The number of benzene rings is 2. The third kappa shape index (κ3) is 5.73. The Bertz CT molecular complexity index is 1310. The highest BCUT2D eigenvalue weighted by Gasteiger charge is 2.40. The molecule has 8 heteroatoms. The number of thioether (sulfide) groups is 1. The fraction of sp³-hybridized carbons (Fsp3) is 0.414. The zero-order chi connectivity index (χ0) is 26.9. The van der Waals surface area contributed by atoms with Crippen LogP contribution in [-0.2, 0) is 15.0 Å². The second-order valence-electron chi connectivity index (χ2n) is 10.6. The van der Waals surface area contributed by atoms with E-state index in [1.807, 2.05) is 74.0 Å². The molecule has 37 heavy (non-hydrogen) atoms. The molecule has 2 atom stereocenters. The molecule has 0 spiro atoms. The van der Waals surface area contributed by atoms with Gasteiger partial charge < -0.3 is 5.32 Å². The summed E-state index contributed by atoms with van der Waals surface area (Å²) in [5, 5.41) is 8.64. The summed E-state index contributed by atoms with van der Waals surface area (Å²) < 4.78 is 1.86. The molecule has 0 bridgehead atoms. The lowest BCUT2D eigenvalue weighted by atomic mass is 9.87. The van der Waals surface area contributed by atoms with Gasteiger partial charge in [-0.2, -0.15) is 5.10 Å². The van der Waals surface area contributed by atoms with Gasteiger partial charge in [0.25, 0.3) is 0 Å². The van der Waals surface area contributed by atoms with E-state index in [-0.39, 0.29) is 40.8 Å². The number of aromatic nitrogens is 2. The van der Waals surface area contributed by atoms with Gasteiger partial charge in [0, 0.05) is 22.0 Å². The van der Waals surface area contributed by atoms with Gasteiger partial charge in [-0.1, -0.05) is 69.6 Å². The third-order valence-electron chi connectivity index (χ3n) is 6.62. The van der Waals surface area contributed by atoms with E-state index in [1.165, 1.54) is 0 Å². The molecule has 1 N–H and O–H groups in total. The first-order valence-corrected chi connectivity index (χ1v) is 14.1. The van der Waals surface area contributed by atoms with Crippen LogP contribution in [-0.4, -0.2) is 39.9 Å². The van der Waals surface area contributed by atoms with Crippen LogP contribution in [0.25, 0.3) is 5.69 Å². The van der Waals surface area contributed by atoms with Gasteiger partial charge in [-0.25, -0.2) is 4.68 Å². The number of hydrogen-bond donors (Lipinski definition) is 1. The molecule has 0 fully saturated rings. The first kappa shape index (κ1) is 27.3. The number of anilines is 1. The van der Waals surface area contributed by atoms with E-state index in [4.69, 9.17) is 16.7 Å². The van der Waals surface area contributed by atoms with Crippen LogP contribution in [0.1, 0.15) is 68.7 Å². The number of carbonyl (C=O) groups excluding carboxylic acids is 2. The quantitative estimate of drug-likeness (QED) is 0.405. The molecule has 1 aliphatic rings. The van der Waals surface area contributed by atoms with Crippen LogP contribution in [0.3, 0.4) is 0 Å². The van der Waals surface area contributed by atoms with Crippen LogP contribution in [0.2, 0.25) is 5.02 Å². The van der Waals surface area contributed by atoms with Crippen molar-refractivity contribution in [1.29, 1.82) is 0 Å². The molecule has 6 nitrogen and oxygen atoms in total. The molecule has 4 rings (SSSR count). The first-order chi connectivity index (χ1) is 17.5. The summed E-state index contributed by atoms with van der Waals surface area (Å²) in [6, 6.07) is 15.8. The van der Waals surface area contributed by atoms with E-state index >= 15 is 0 Å². The number of nitrogens with zero attached hydrogens (tertiary/aromatic N) is 3. The predicted octanol–water partition coefficient (Wildman–Crippen LogP) is 6.22. The average molecular weight is 539 g/mol. The van der Waals surface area contributed by atoms with Crippen LogP contribution >= 0.6 is 23.4 Å². The maximum atomic E-state index is 13.7. The van der Waals surface area contributed by atoms with E-state index < -0.39 is 0 Å². The molecule has 2 aromatic carbocycles. The highest BCUT2D eigenvalue weighted by atomic mass is 35.5. The van der Waals surface area contributed by atoms with Crippen LogP contribution in [0.4, 0.5) is 5.82 Å². The van der Waals surface area contributed by atoms with Crippen LogP contribution in [0, 0.1) is 6.92 Å². The van der Waals surface area contributed by atoms with E-state index in [0.29, 0.717) is 10.8 Å². The lowest BCUT2D eigenvalue weighted by molar-refractivity contribution is -0.123. The number of rotatable bonds is 6. The standard InChI is InChI=1S/C29H35ClN4O2S/c1-7-19(3)31-23(35)16-33-24(36)17-37-26(20-12-10-13-21(30)15-20)25-27(29(4,5)6)32-34(28(25)33)22-14-9-8-11-18(22)2/h8-15,19,26H,7,16-17H2,1-6H3,(H,31,35). The van der Waals surface area contributed by atoms with Crippen LogP contribution in [0.5, 0.6) is 0 Å². The molecule has 196 valence electrons. The summed E-state index contributed by atoms with van der Waals surface area (Å²) in [6.45, 7) is 12.3. The zero-order valence-corrected chi connectivity index (χ0v) is 23.9. The van der Waals surface area contributed by atoms with Gasteiger partial charge in [-0.15, -0.1) is 11.8 Å². The van der Waals surface area contributed by atoms with Gasteiger partial charge >= 0.3 is 0 Å². The molecule has 0 saturated carbocycles. The normalized spacial score (nSPS) is 16.8. The SMILES string of the molecule is CCC(C)NC(=O)CN1C(=O)CSC(c2cccc(Cl)c2)c2c(C(C)(C)C)nn(-c3ccccc3C)c21. The predicted molar refractivity (Wildman–Crippen MR) is 153 cm³/mol. The first-order valence-electron chi connectivity index (χ1n) is 12.7. The molecule has 0 aliphatic carbocycles. The van der Waals surface area contributed by atoms with Gasteiger partial charge in [0.1, 0.15) is 12.4 Å². The highest BCUT2D eigenvalue weighted by Crippen LogP contribution is 2.48. The third-order valence-corrected chi connectivity index (χ3v) is 8.11. The van der Waals surface area contributed by atoms with E-state index in [0.717, 1.165) is 34.5 Å². The Balaban J connectivity index is 2.00. The Labute approximate surface area is 228 Å². The van der Waals surface area contributed by atoms with Gasteiger partial charge in [0.05, 0.1) is 22.4 Å². The maximum Gasteiger partial charge on any atom is 0.240 e. The summed E-state index contributed by atoms with van der Waals surface area (Å²) in [7, 11) is 0. The molecule has 0 saturated heterocycles. The minimum absolute atomic E-state index is 0.0223. The number of fused-ring (bicyclic) bond motifs is 1. The number of nitrogens with one attached hydrogen (secondary N) is 1. The van der Waals surface area contributed by atoms with Crippen LogP contribution < -0.4 is 10.2 Å². The molecule has 2 amide bonds. The molecular formula is C29H35ClN4O2S. The molecular weight excluding hydrogens is 504 g/mol. The second kappa shape index (κ2) is 10.9. The van der Waals surface area contributed by atoms with Gasteiger partial charge in [0.15, 0.2) is 0 Å². The van der Waals surface area contributed by atoms with E-state index in [2.05, 4.69) is 26.1 Å². The molecule has 3 aromatic rings. The molecule has 2 heterocycles. The average Bonchev–Trinajstić information content (AvgIpc) is 3.17. The summed E-state index contributed by atoms with van der Waals surface area (Å²) in [5.41, 5.74) is 4.45. The van der Waals surface area contributed by atoms with Gasteiger partial charge in [0.2, 0.25) is 11.8 Å². The minimum atomic E-state index is -0.312. The fourth-order valence-corrected chi connectivity index (χ4v) is 5.93. The minimum Gasteiger partial charge on any atom is -0.352 e. The monoisotopic (exact) mass is 538 g/mol. The highest BCUT2D eigenvalue weighted by molar-refractivity contribution is 8.00. The van der Waals surface area contributed by atoms with Crippen molar-refractivity contribution in [2.24, 2.45) is 0 Å². The Kier molecular flexibility index (Phi) is 8.05. The smallest absolute Gasteiger partial charge is 0.240 e. The Hall–Kier alpha value is -2.77. The van der Waals surface area contributed by atoms with Crippen molar-refractivity contribution in [3.8, 4) is 5.69 Å². The van der Waals surface area contributed by atoms with E-state index in [1.54, 1.807) is 16.7 Å². The topological polar surface area (TPSA) is 67.2 Å². The lowest BCUT2D eigenvalue weighted by Crippen LogP contribution is -2.44. The Morgan fingerprint density at radius 1 is 1.22 bits per heavy atom. The van der Waals surface area contributed by atoms with Crippen molar-refractivity contribution in [1.82, 2.24) is 15.1 Å². The lowest BCUT2D eigenvalue weighted by Gasteiger charge is -2.25. The van der Waals surface area contributed by atoms with Crippen molar-refractivity contribution < 1.29 is 9.59 Å². The maximum absolute atomic E-state index is 13.7. The Morgan fingerprint density at radius 3 is 2.59 bits per heavy atom. The molecule has 1 aromatic heterocycles. The van der Waals surface area contributed by atoms with Gasteiger partial charge in [-0.3, -0.25) is 14.5 Å². The van der Waals surface area contributed by atoms with Crippen molar-refractivity contribution in [2.75, 3.05) is 17.2 Å². The molecule has 0 radical (unpaired) electrons. The number of hydrogen-bond acceptors (Lipinski definition) is 4. The van der Waals surface area contributed by atoms with Crippen molar-refractivity contribution in [2.45, 2.75) is 64.7 Å². The number of carbonyl (C=O) groups is 2. The number of halogens is 1. The number of para-hydroxylation sites is 1.